The second-order valence-electron chi connectivity index (χ2n) is 3.00. The number of carbonyl (C=O) groups excluding carboxylic acids is 1. The van der Waals surface area contributed by atoms with E-state index in [1.54, 1.807) is 33.8 Å². The maximum Gasteiger partial charge on any atom is 0.338 e. The Morgan fingerprint density at radius 2 is 1.73 bits per heavy atom. The first-order chi connectivity index (χ1) is 6.99. The van der Waals surface area contributed by atoms with Crippen LogP contribution in [0.3, 0.4) is 0 Å². The predicted molar refractivity (Wildman–Crippen MR) is 60.2 cm³/mol. The molecule has 0 radical (unpaired) electrons. The van der Waals surface area contributed by atoms with Crippen molar-refractivity contribution in [3.8, 4) is 0 Å². The van der Waals surface area contributed by atoms with Gasteiger partial charge in [-0.3, -0.25) is 9.36 Å². The van der Waals surface area contributed by atoms with Crippen LogP contribution in [0.15, 0.2) is 11.6 Å². The normalized spacial score (nSPS) is 12.9. The summed E-state index contributed by atoms with van der Waals surface area (Å²) in [5.74, 6) is -0.192. The second kappa shape index (κ2) is 6.94. The first-order valence-electron chi connectivity index (χ1n) is 5.03. The molecule has 0 saturated carbocycles. The number of rotatable bonds is 7. The third-order valence-corrected chi connectivity index (χ3v) is 3.84. The summed E-state index contributed by atoms with van der Waals surface area (Å²) < 4.78 is 22.0. The molecule has 0 amide bonds. The van der Waals surface area contributed by atoms with Gasteiger partial charge >= 0.3 is 7.60 Å². The van der Waals surface area contributed by atoms with E-state index in [0.29, 0.717) is 5.57 Å². The number of hydrogen-bond donors (Lipinski definition) is 0. The fraction of sp³-hybridized carbons (Fsp3) is 0.700. The highest BCUT2D eigenvalue weighted by molar-refractivity contribution is 7.54. The molecular formula is C10H19O4P. The lowest BCUT2D eigenvalue weighted by Gasteiger charge is -2.16. The molecule has 0 aliphatic carbocycles. The first-order valence-corrected chi connectivity index (χ1v) is 6.76. The molecular weight excluding hydrogens is 215 g/mol. The lowest BCUT2D eigenvalue weighted by Crippen LogP contribution is -2.10. The smallest absolute Gasteiger partial charge is 0.309 e. The van der Waals surface area contributed by atoms with Gasteiger partial charge in [0.25, 0.3) is 0 Å². The number of ketones is 1. The lowest BCUT2D eigenvalue weighted by molar-refractivity contribution is -0.113. The van der Waals surface area contributed by atoms with Crippen LogP contribution in [0.25, 0.3) is 0 Å². The van der Waals surface area contributed by atoms with Crippen molar-refractivity contribution in [1.29, 1.82) is 0 Å². The van der Waals surface area contributed by atoms with Gasteiger partial charge in [-0.1, -0.05) is 6.08 Å². The summed E-state index contributed by atoms with van der Waals surface area (Å²) >= 11 is 0. The van der Waals surface area contributed by atoms with E-state index in [9.17, 15) is 9.36 Å². The van der Waals surface area contributed by atoms with Gasteiger partial charge in [0.2, 0.25) is 0 Å². The first kappa shape index (κ1) is 14.6. The van der Waals surface area contributed by atoms with E-state index in [-0.39, 0.29) is 25.2 Å². The maximum absolute atomic E-state index is 12.0. The Balaban J connectivity index is 4.55. The second-order valence-corrected chi connectivity index (χ2v) is 5.05. The van der Waals surface area contributed by atoms with Gasteiger partial charge in [-0.05, 0) is 33.3 Å². The quantitative estimate of drug-likeness (QED) is 0.502. The van der Waals surface area contributed by atoms with E-state index < -0.39 is 7.60 Å². The van der Waals surface area contributed by atoms with Crippen molar-refractivity contribution in [2.24, 2.45) is 0 Å². The van der Waals surface area contributed by atoms with E-state index in [0.717, 1.165) is 0 Å². The van der Waals surface area contributed by atoms with E-state index in [2.05, 4.69) is 0 Å². The average Bonchev–Trinajstić information content (AvgIpc) is 2.16. The Kier molecular flexibility index (Phi) is 6.73. The number of allylic oxidation sites excluding steroid dienone is 2. The van der Waals surface area contributed by atoms with Crippen LogP contribution in [0.1, 0.15) is 27.7 Å². The monoisotopic (exact) mass is 234 g/mol. The summed E-state index contributed by atoms with van der Waals surface area (Å²) in [4.78, 5) is 11.5. The molecule has 5 heteroatoms. The molecule has 0 saturated heterocycles. The van der Waals surface area contributed by atoms with Crippen molar-refractivity contribution in [3.63, 3.8) is 0 Å². The molecule has 0 aromatic carbocycles. The molecule has 0 unspecified atom stereocenters. The van der Waals surface area contributed by atoms with E-state index in [1.165, 1.54) is 0 Å². The van der Waals surface area contributed by atoms with Gasteiger partial charge in [-0.2, -0.15) is 0 Å². The Bertz CT molecular complexity index is 273. The number of carbonyl (C=O) groups is 1. The predicted octanol–water partition coefficient (Wildman–Crippen LogP) is 2.79. The molecule has 0 atom stereocenters. The van der Waals surface area contributed by atoms with Gasteiger partial charge in [-0.15, -0.1) is 0 Å². The van der Waals surface area contributed by atoms with Gasteiger partial charge in [0.05, 0.1) is 13.2 Å². The van der Waals surface area contributed by atoms with Gasteiger partial charge in [0.1, 0.15) is 6.16 Å². The molecule has 0 heterocycles. The minimum Gasteiger partial charge on any atom is -0.309 e. The van der Waals surface area contributed by atoms with Crippen LogP contribution in [0, 0.1) is 0 Å². The molecule has 0 N–H and O–H groups in total. The van der Waals surface area contributed by atoms with Crippen molar-refractivity contribution in [2.45, 2.75) is 27.7 Å². The Hall–Kier alpha value is -0.440. The van der Waals surface area contributed by atoms with Crippen molar-refractivity contribution in [2.75, 3.05) is 19.4 Å². The minimum atomic E-state index is -3.23. The van der Waals surface area contributed by atoms with Crippen molar-refractivity contribution in [1.82, 2.24) is 0 Å². The molecule has 0 rings (SSSR count). The standard InChI is InChI=1S/C10H19O4P/c1-5-9(4)10(11)8-15(12,13-6-2)14-7-3/h5H,6-8H2,1-4H3/b9-5+. The molecule has 0 aromatic heterocycles. The molecule has 88 valence electrons. The fourth-order valence-corrected chi connectivity index (χ4v) is 2.63. The highest BCUT2D eigenvalue weighted by Crippen LogP contribution is 2.48. The Morgan fingerprint density at radius 1 is 1.27 bits per heavy atom. The zero-order valence-corrected chi connectivity index (χ0v) is 10.7. The summed E-state index contributed by atoms with van der Waals surface area (Å²) in [5.41, 5.74) is 0.578. The molecule has 0 aliphatic heterocycles. The number of hydrogen-bond acceptors (Lipinski definition) is 4. The van der Waals surface area contributed by atoms with Gasteiger partial charge in [0.15, 0.2) is 5.78 Å². The average molecular weight is 234 g/mol. The maximum atomic E-state index is 12.0. The van der Waals surface area contributed by atoms with Gasteiger partial charge < -0.3 is 9.05 Å². The third kappa shape index (κ3) is 5.26. The van der Waals surface area contributed by atoms with Crippen molar-refractivity contribution >= 4 is 13.4 Å². The molecule has 0 spiro atoms. The van der Waals surface area contributed by atoms with Crippen LogP contribution in [-0.2, 0) is 18.4 Å². The molecule has 0 aromatic rings. The van der Waals surface area contributed by atoms with Crippen LogP contribution in [0.5, 0.6) is 0 Å². The summed E-state index contributed by atoms with van der Waals surface area (Å²) in [6.07, 6.45) is 1.51. The molecule has 4 nitrogen and oxygen atoms in total. The Morgan fingerprint density at radius 3 is 2.07 bits per heavy atom. The fourth-order valence-electron chi connectivity index (χ4n) is 0.984. The van der Waals surface area contributed by atoms with Gasteiger partial charge in [0, 0.05) is 0 Å². The molecule has 15 heavy (non-hydrogen) atoms. The van der Waals surface area contributed by atoms with Gasteiger partial charge in [-0.25, -0.2) is 0 Å². The molecule has 0 bridgehead atoms. The Labute approximate surface area is 91.2 Å². The van der Waals surface area contributed by atoms with Crippen LogP contribution in [0.4, 0.5) is 0 Å². The molecule has 0 aliphatic rings. The summed E-state index contributed by atoms with van der Waals surface area (Å²) in [5, 5.41) is 0. The lowest BCUT2D eigenvalue weighted by atomic mass is 10.2. The van der Waals surface area contributed by atoms with Crippen LogP contribution >= 0.6 is 7.60 Å². The van der Waals surface area contributed by atoms with E-state index >= 15 is 0 Å². The summed E-state index contributed by atoms with van der Waals surface area (Å²) in [6.45, 7) is 7.44. The largest absolute Gasteiger partial charge is 0.338 e. The topological polar surface area (TPSA) is 52.6 Å². The SMILES string of the molecule is C/C=C(\C)C(=O)CP(=O)(OCC)OCC. The van der Waals surface area contributed by atoms with E-state index in [1.807, 2.05) is 0 Å². The highest BCUT2D eigenvalue weighted by Gasteiger charge is 2.27. The molecule has 0 fully saturated rings. The van der Waals surface area contributed by atoms with Crippen molar-refractivity contribution in [3.05, 3.63) is 11.6 Å². The summed E-state index contributed by atoms with van der Waals surface area (Å²) in [7, 11) is -3.23. The number of Topliss-reactive ketones (excluding diaryl/α,β-unsaturated/α-hetero) is 1. The van der Waals surface area contributed by atoms with Crippen LogP contribution < -0.4 is 0 Å². The highest BCUT2D eigenvalue weighted by atomic mass is 31.2. The third-order valence-electron chi connectivity index (χ3n) is 1.86. The van der Waals surface area contributed by atoms with Crippen molar-refractivity contribution < 1.29 is 18.4 Å². The summed E-state index contributed by atoms with van der Waals surface area (Å²) in [6, 6.07) is 0. The van der Waals surface area contributed by atoms with Crippen LogP contribution in [-0.4, -0.2) is 25.2 Å². The minimum absolute atomic E-state index is 0.176. The zero-order chi connectivity index (χ0) is 11.9. The van der Waals surface area contributed by atoms with Crippen LogP contribution in [0.2, 0.25) is 0 Å². The van der Waals surface area contributed by atoms with E-state index in [4.69, 9.17) is 9.05 Å². The zero-order valence-electron chi connectivity index (χ0n) is 9.78.